The fourth-order valence-corrected chi connectivity index (χ4v) is 5.07. The van der Waals surface area contributed by atoms with Crippen LogP contribution in [0.25, 0.3) is 16.6 Å². The summed E-state index contributed by atoms with van der Waals surface area (Å²) >= 11 is 6.56. The van der Waals surface area contributed by atoms with E-state index in [9.17, 15) is 4.79 Å². The first-order valence-electron chi connectivity index (χ1n) is 12.8. The molecule has 1 fully saturated rings. The van der Waals surface area contributed by atoms with Gasteiger partial charge in [0.1, 0.15) is 29.3 Å². The fraction of sp³-hybridized carbons (Fsp3) is 0.200. The van der Waals surface area contributed by atoms with Crippen LogP contribution in [0.1, 0.15) is 18.4 Å². The number of allylic oxidation sites excluding steroid dienone is 1. The molecule has 0 bridgehead atoms. The Balaban J connectivity index is 1.18. The number of halogens is 1. The Bertz CT molecular complexity index is 1700. The van der Waals surface area contributed by atoms with Crippen molar-refractivity contribution in [2.45, 2.75) is 25.3 Å². The van der Waals surface area contributed by atoms with Gasteiger partial charge in [0.2, 0.25) is 0 Å². The van der Waals surface area contributed by atoms with Crippen LogP contribution in [0.3, 0.4) is 0 Å². The lowest BCUT2D eigenvalue weighted by Crippen LogP contribution is -2.22. The molecule has 0 saturated carbocycles. The van der Waals surface area contributed by atoms with E-state index in [4.69, 9.17) is 16.3 Å². The number of carbonyl (C=O) groups excluding carboxylic acids is 1. The van der Waals surface area contributed by atoms with Gasteiger partial charge in [-0.05, 0) is 74.5 Å². The van der Waals surface area contributed by atoms with Crippen LogP contribution in [-0.2, 0) is 11.2 Å². The van der Waals surface area contributed by atoms with E-state index in [1.807, 2.05) is 65.3 Å². The van der Waals surface area contributed by atoms with Crippen LogP contribution < -0.4 is 10.1 Å². The molecule has 0 unspecified atom stereocenters. The predicted octanol–water partition coefficient (Wildman–Crippen LogP) is 6.23. The zero-order chi connectivity index (χ0) is 26.8. The van der Waals surface area contributed by atoms with E-state index in [0.717, 1.165) is 40.8 Å². The first kappa shape index (κ1) is 25.0. The summed E-state index contributed by atoms with van der Waals surface area (Å²) in [5, 5.41) is 4.62. The highest BCUT2D eigenvalue weighted by molar-refractivity contribution is 6.32. The second-order valence-corrected chi connectivity index (χ2v) is 10.1. The molecule has 6 rings (SSSR count). The summed E-state index contributed by atoms with van der Waals surface area (Å²) in [5.41, 5.74) is 3.23. The molecule has 0 amide bonds. The van der Waals surface area contributed by atoms with Gasteiger partial charge in [-0.2, -0.15) is 0 Å². The molecule has 2 aromatic carbocycles. The van der Waals surface area contributed by atoms with Gasteiger partial charge >= 0.3 is 0 Å². The number of anilines is 2. The molecule has 0 aliphatic carbocycles. The number of nitrogens with zero attached hydrogens (tertiary/aromatic N) is 5. The Labute approximate surface area is 230 Å². The van der Waals surface area contributed by atoms with Crippen LogP contribution in [-0.4, -0.2) is 49.7 Å². The number of ether oxygens (including phenoxy) is 1. The van der Waals surface area contributed by atoms with Crippen LogP contribution >= 0.6 is 11.6 Å². The number of imidazole rings is 1. The molecule has 39 heavy (non-hydrogen) atoms. The lowest BCUT2D eigenvalue weighted by atomic mass is 10.0. The molecule has 0 spiro atoms. The van der Waals surface area contributed by atoms with Gasteiger partial charge in [0, 0.05) is 48.2 Å². The molecule has 8 nitrogen and oxygen atoms in total. The second kappa shape index (κ2) is 10.8. The molecular formula is C30H27ClN6O2. The van der Waals surface area contributed by atoms with Gasteiger partial charge in [-0.1, -0.05) is 23.7 Å². The van der Waals surface area contributed by atoms with Crippen molar-refractivity contribution in [1.82, 2.24) is 24.3 Å². The molecule has 3 aromatic heterocycles. The number of hydrogen-bond donors (Lipinski definition) is 1. The number of benzene rings is 2. The summed E-state index contributed by atoms with van der Waals surface area (Å²) in [7, 11) is 2.10. The molecule has 196 valence electrons. The normalized spacial score (nSPS) is 15.9. The molecule has 5 aromatic rings. The monoisotopic (exact) mass is 538 g/mol. The summed E-state index contributed by atoms with van der Waals surface area (Å²) in [6.07, 6.45) is 13.3. The van der Waals surface area contributed by atoms with Gasteiger partial charge in [-0.3, -0.25) is 9.69 Å². The van der Waals surface area contributed by atoms with Crippen molar-refractivity contribution in [2.75, 3.05) is 18.9 Å². The van der Waals surface area contributed by atoms with Crippen molar-refractivity contribution in [2.24, 2.45) is 0 Å². The van der Waals surface area contributed by atoms with Gasteiger partial charge in [0.15, 0.2) is 5.78 Å². The standard InChI is InChI=1S/C30H27ClN6O2/c1-36-12-2-3-22(36)6-7-23(38)15-20-4-8-27-25(16-20)30(34-19-33-27)35-21-5-9-28(26(31)17-21)39-24-10-13-37-14-11-32-29(37)18-24/h4-11,13-14,16-19,22H,2-3,12,15H2,1H3,(H,33,34,35)/b7-6+/t22-/m1/s1. The van der Waals surface area contributed by atoms with Crippen molar-refractivity contribution in [3.63, 3.8) is 0 Å². The minimum atomic E-state index is 0.0790. The summed E-state index contributed by atoms with van der Waals surface area (Å²) in [6, 6.07) is 15.3. The highest BCUT2D eigenvalue weighted by Gasteiger charge is 2.18. The average molecular weight is 539 g/mol. The van der Waals surface area contributed by atoms with Gasteiger partial charge < -0.3 is 14.5 Å². The number of likely N-dealkylation sites (N-methyl/N-ethyl adjacent to an activating group) is 1. The summed E-state index contributed by atoms with van der Waals surface area (Å²) in [4.78, 5) is 28.1. The van der Waals surface area contributed by atoms with E-state index in [2.05, 4.69) is 32.2 Å². The largest absolute Gasteiger partial charge is 0.456 e. The van der Waals surface area contributed by atoms with Crippen molar-refractivity contribution in [3.8, 4) is 11.5 Å². The number of carbonyl (C=O) groups is 1. The first-order chi connectivity index (χ1) is 19.0. The quantitative estimate of drug-likeness (QED) is 0.234. The Kier molecular flexibility index (Phi) is 6.96. The first-order valence-corrected chi connectivity index (χ1v) is 13.2. The van der Waals surface area contributed by atoms with Crippen molar-refractivity contribution in [3.05, 3.63) is 96.2 Å². The third-order valence-corrected chi connectivity index (χ3v) is 7.25. The van der Waals surface area contributed by atoms with Gasteiger partial charge in [-0.25, -0.2) is 15.0 Å². The van der Waals surface area contributed by atoms with Crippen LogP contribution in [0.5, 0.6) is 11.5 Å². The number of hydrogen-bond acceptors (Lipinski definition) is 7. The van der Waals surface area contributed by atoms with Crippen LogP contribution in [0, 0.1) is 0 Å². The highest BCUT2D eigenvalue weighted by atomic mass is 35.5. The van der Waals surface area contributed by atoms with Crippen LogP contribution in [0.4, 0.5) is 11.5 Å². The minimum Gasteiger partial charge on any atom is -0.456 e. The number of nitrogens with one attached hydrogen (secondary N) is 1. The molecule has 9 heteroatoms. The average Bonchev–Trinajstić information content (AvgIpc) is 3.57. The summed E-state index contributed by atoms with van der Waals surface area (Å²) in [6.45, 7) is 1.08. The topological polar surface area (TPSA) is 84.7 Å². The summed E-state index contributed by atoms with van der Waals surface area (Å²) in [5.74, 6) is 1.89. The smallest absolute Gasteiger partial charge is 0.159 e. The number of pyridine rings is 1. The van der Waals surface area contributed by atoms with Crippen molar-refractivity contribution < 1.29 is 9.53 Å². The Hall–Kier alpha value is -4.27. The van der Waals surface area contributed by atoms with Crippen LogP contribution in [0.2, 0.25) is 5.02 Å². The SMILES string of the molecule is CN1CCC[C@@H]1/C=C/C(=O)Cc1ccc2ncnc(Nc3ccc(Oc4ccn5ccnc5c4)c(Cl)c3)c2c1. The van der Waals surface area contributed by atoms with Gasteiger partial charge in [0.25, 0.3) is 0 Å². The Morgan fingerprint density at radius 3 is 2.90 bits per heavy atom. The molecule has 1 aliphatic rings. The lowest BCUT2D eigenvalue weighted by Gasteiger charge is -2.14. The van der Waals surface area contributed by atoms with Gasteiger partial charge in [-0.15, -0.1) is 0 Å². The maximum absolute atomic E-state index is 12.7. The zero-order valence-corrected chi connectivity index (χ0v) is 22.2. The van der Waals surface area contributed by atoms with E-state index in [1.54, 1.807) is 18.3 Å². The van der Waals surface area contributed by atoms with E-state index in [-0.39, 0.29) is 5.78 Å². The van der Waals surface area contributed by atoms with Crippen molar-refractivity contribution >= 4 is 45.4 Å². The minimum absolute atomic E-state index is 0.0790. The number of fused-ring (bicyclic) bond motifs is 2. The van der Waals surface area contributed by atoms with E-state index >= 15 is 0 Å². The van der Waals surface area contributed by atoms with Gasteiger partial charge in [0.05, 0.1) is 10.5 Å². The molecule has 1 atom stereocenters. The maximum atomic E-state index is 12.7. The molecule has 0 radical (unpaired) electrons. The van der Waals surface area contributed by atoms with E-state index in [0.29, 0.717) is 34.8 Å². The second-order valence-electron chi connectivity index (χ2n) is 9.69. The van der Waals surface area contributed by atoms with E-state index in [1.165, 1.54) is 12.7 Å². The molecule has 1 saturated heterocycles. The van der Waals surface area contributed by atoms with Crippen molar-refractivity contribution in [1.29, 1.82) is 0 Å². The molecular weight excluding hydrogens is 512 g/mol. The van der Waals surface area contributed by atoms with Crippen LogP contribution in [0.15, 0.2) is 85.6 Å². The number of aromatic nitrogens is 4. The number of likely N-dealkylation sites (tertiary alicyclic amines) is 1. The zero-order valence-electron chi connectivity index (χ0n) is 21.4. The Morgan fingerprint density at radius 1 is 1.13 bits per heavy atom. The number of ketones is 1. The highest BCUT2D eigenvalue weighted by Crippen LogP contribution is 2.33. The third-order valence-electron chi connectivity index (χ3n) is 6.95. The molecule has 4 heterocycles. The predicted molar refractivity (Wildman–Crippen MR) is 153 cm³/mol. The van der Waals surface area contributed by atoms with E-state index < -0.39 is 0 Å². The fourth-order valence-electron chi connectivity index (χ4n) is 4.85. The summed E-state index contributed by atoms with van der Waals surface area (Å²) < 4.78 is 7.90. The third kappa shape index (κ3) is 5.62. The Morgan fingerprint density at radius 2 is 2.05 bits per heavy atom. The number of rotatable bonds is 8. The molecule has 1 N–H and O–H groups in total. The maximum Gasteiger partial charge on any atom is 0.159 e. The lowest BCUT2D eigenvalue weighted by molar-refractivity contribution is -0.114. The molecule has 1 aliphatic heterocycles.